The molecule has 1 saturated carbocycles. The fraction of sp³-hybridized carbons (Fsp3) is 0.320. The third-order valence-electron chi connectivity index (χ3n) is 6.47. The molecule has 176 valence electrons. The molecule has 2 amide bonds. The number of ether oxygens (including phenoxy) is 1. The molecule has 2 N–H and O–H groups in total. The Morgan fingerprint density at radius 3 is 2.47 bits per heavy atom. The van der Waals surface area contributed by atoms with Crippen LogP contribution in [0.15, 0.2) is 54.7 Å². The zero-order chi connectivity index (χ0) is 23.8. The first-order chi connectivity index (χ1) is 16.4. The Labute approximate surface area is 197 Å². The molecule has 9 heteroatoms. The molecule has 1 fully saturated rings. The average Bonchev–Trinajstić information content (AvgIpc) is 3.26. The number of nitrogens with one attached hydrogen (secondary N) is 1. The Morgan fingerprint density at radius 2 is 1.82 bits per heavy atom. The predicted octanol–water partition coefficient (Wildman–Crippen LogP) is 4.79. The number of carbonyl (C=O) groups excluding carboxylic acids is 1. The maximum absolute atomic E-state index is 13.9. The van der Waals surface area contributed by atoms with Crippen molar-refractivity contribution in [1.82, 2.24) is 9.97 Å². The zero-order valence-electron chi connectivity index (χ0n) is 19.0. The van der Waals surface area contributed by atoms with E-state index in [2.05, 4.69) is 10.3 Å². The van der Waals surface area contributed by atoms with Crippen LogP contribution in [0.4, 0.5) is 32.3 Å². The van der Waals surface area contributed by atoms with Crippen LogP contribution in [-0.4, -0.2) is 40.4 Å². The van der Waals surface area contributed by atoms with Gasteiger partial charge in [-0.3, -0.25) is 9.80 Å². The van der Waals surface area contributed by atoms with Crippen LogP contribution in [0.1, 0.15) is 37.8 Å². The fourth-order valence-corrected chi connectivity index (χ4v) is 4.68. The number of aromatic nitrogens is 2. The summed E-state index contributed by atoms with van der Waals surface area (Å²) in [5, 5.41) is 13.3. The van der Waals surface area contributed by atoms with Crippen LogP contribution >= 0.6 is 0 Å². The second-order valence-corrected chi connectivity index (χ2v) is 8.62. The third-order valence-corrected chi connectivity index (χ3v) is 6.47. The Morgan fingerprint density at radius 1 is 1.09 bits per heavy atom. The van der Waals surface area contributed by atoms with Crippen LogP contribution in [0.25, 0.3) is 0 Å². The fourth-order valence-electron chi connectivity index (χ4n) is 4.68. The number of halogens is 1. The predicted molar refractivity (Wildman–Crippen MR) is 127 cm³/mol. The van der Waals surface area contributed by atoms with Gasteiger partial charge in [-0.1, -0.05) is 0 Å². The molecule has 0 spiro atoms. The van der Waals surface area contributed by atoms with Crippen molar-refractivity contribution >= 4 is 29.2 Å². The van der Waals surface area contributed by atoms with E-state index in [0.29, 0.717) is 42.5 Å². The largest absolute Gasteiger partial charge is 0.497 e. The number of aliphatic hydroxyl groups is 1. The number of rotatable bonds is 5. The summed E-state index contributed by atoms with van der Waals surface area (Å²) in [4.78, 5) is 26.4. The highest BCUT2D eigenvalue weighted by atomic mass is 19.1. The molecular weight excluding hydrogens is 437 g/mol. The summed E-state index contributed by atoms with van der Waals surface area (Å²) >= 11 is 0. The lowest BCUT2D eigenvalue weighted by Crippen LogP contribution is -2.53. The van der Waals surface area contributed by atoms with Crippen molar-refractivity contribution < 1.29 is 19.0 Å². The second-order valence-electron chi connectivity index (χ2n) is 8.62. The number of fused-ring (bicyclic) bond motifs is 1. The molecule has 1 aromatic heterocycles. The summed E-state index contributed by atoms with van der Waals surface area (Å²) in [5.41, 5.74) is 2.18. The van der Waals surface area contributed by atoms with Crippen molar-refractivity contribution in [2.75, 3.05) is 22.2 Å². The number of anilines is 4. The van der Waals surface area contributed by atoms with E-state index < -0.39 is 6.10 Å². The maximum atomic E-state index is 13.9. The Balaban J connectivity index is 1.54. The van der Waals surface area contributed by atoms with Gasteiger partial charge in [0.1, 0.15) is 17.4 Å². The number of hydrogen-bond acceptors (Lipinski definition) is 6. The average molecular weight is 464 g/mol. The van der Waals surface area contributed by atoms with Crippen LogP contribution in [0.3, 0.4) is 0 Å². The van der Waals surface area contributed by atoms with E-state index in [9.17, 15) is 14.3 Å². The number of nitrogens with zero attached hydrogens (tertiary/aromatic N) is 4. The van der Waals surface area contributed by atoms with Crippen molar-refractivity contribution in [3.63, 3.8) is 0 Å². The number of hydrogen-bond donors (Lipinski definition) is 2. The molecule has 8 nitrogen and oxygen atoms in total. The first-order valence-corrected chi connectivity index (χ1v) is 11.3. The summed E-state index contributed by atoms with van der Waals surface area (Å²) in [6.45, 7) is 1.94. The van der Waals surface area contributed by atoms with Crippen molar-refractivity contribution in [2.24, 2.45) is 0 Å². The Kier molecular flexibility index (Phi) is 5.79. The van der Waals surface area contributed by atoms with Crippen molar-refractivity contribution in [3.8, 4) is 5.75 Å². The molecular formula is C25H26FN5O3. The van der Waals surface area contributed by atoms with Gasteiger partial charge < -0.3 is 15.2 Å². The molecule has 3 atom stereocenters. The number of aliphatic hydroxyl groups excluding tert-OH is 1. The highest BCUT2D eigenvalue weighted by Gasteiger charge is 2.43. The van der Waals surface area contributed by atoms with Gasteiger partial charge in [0.15, 0.2) is 0 Å². The third kappa shape index (κ3) is 4.03. The number of urea groups is 1. The van der Waals surface area contributed by atoms with Gasteiger partial charge in [-0.2, -0.15) is 4.98 Å². The van der Waals surface area contributed by atoms with E-state index >= 15 is 0 Å². The summed E-state index contributed by atoms with van der Waals surface area (Å²) in [6, 6.07) is 12.6. The highest BCUT2D eigenvalue weighted by Crippen LogP contribution is 2.42. The van der Waals surface area contributed by atoms with Gasteiger partial charge in [0.2, 0.25) is 5.95 Å². The van der Waals surface area contributed by atoms with Crippen molar-refractivity contribution in [2.45, 2.75) is 44.4 Å². The smallest absolute Gasteiger partial charge is 0.330 e. The van der Waals surface area contributed by atoms with Crippen LogP contribution in [0.5, 0.6) is 5.75 Å². The van der Waals surface area contributed by atoms with Gasteiger partial charge in [0.05, 0.1) is 19.3 Å². The molecule has 5 rings (SSSR count). The lowest BCUT2D eigenvalue weighted by molar-refractivity contribution is 0.181. The molecule has 34 heavy (non-hydrogen) atoms. The molecule has 0 radical (unpaired) electrons. The summed E-state index contributed by atoms with van der Waals surface area (Å²) in [6.07, 6.45) is 3.07. The topological polar surface area (TPSA) is 90.8 Å². The second kappa shape index (κ2) is 8.90. The van der Waals surface area contributed by atoms with E-state index in [1.165, 1.54) is 12.1 Å². The van der Waals surface area contributed by atoms with Crippen LogP contribution in [-0.2, 0) is 0 Å². The normalized spacial score (nSPS) is 22.0. The van der Waals surface area contributed by atoms with Gasteiger partial charge in [0, 0.05) is 29.2 Å². The minimum Gasteiger partial charge on any atom is -0.497 e. The zero-order valence-corrected chi connectivity index (χ0v) is 19.0. The quantitative estimate of drug-likeness (QED) is 0.566. The lowest BCUT2D eigenvalue weighted by atomic mass is 10.0. The van der Waals surface area contributed by atoms with Crippen molar-refractivity contribution in [3.05, 3.63) is 66.1 Å². The van der Waals surface area contributed by atoms with E-state index in [1.807, 2.05) is 31.2 Å². The Hall–Kier alpha value is -3.72. The summed E-state index contributed by atoms with van der Waals surface area (Å²) in [7, 11) is 1.60. The molecule has 2 aliphatic rings. The van der Waals surface area contributed by atoms with Crippen molar-refractivity contribution in [1.29, 1.82) is 0 Å². The minimum absolute atomic E-state index is 0.178. The van der Waals surface area contributed by atoms with E-state index in [0.717, 1.165) is 11.3 Å². The number of amides is 2. The SMILES string of the molecule is COc1ccc(N2C(=O)N([C@@H]3CC[C@@H](O)C3)c3nc(Nc4ccc(F)cc4)ncc3C2C)cc1. The van der Waals surface area contributed by atoms with Crippen LogP contribution in [0.2, 0.25) is 0 Å². The first kappa shape index (κ1) is 22.1. The lowest BCUT2D eigenvalue weighted by Gasteiger charge is -2.42. The molecule has 2 aromatic carbocycles. The molecule has 1 aliphatic heterocycles. The number of methoxy groups -OCH3 is 1. The first-order valence-electron chi connectivity index (χ1n) is 11.3. The molecule has 0 saturated heterocycles. The molecule has 2 heterocycles. The van der Waals surface area contributed by atoms with Gasteiger partial charge in [-0.25, -0.2) is 14.2 Å². The van der Waals surface area contributed by atoms with E-state index in [4.69, 9.17) is 9.72 Å². The molecule has 0 bridgehead atoms. The maximum Gasteiger partial charge on any atom is 0.330 e. The van der Waals surface area contributed by atoms with Crippen LogP contribution in [0, 0.1) is 5.82 Å². The number of carbonyl (C=O) groups is 1. The minimum atomic E-state index is -0.450. The van der Waals surface area contributed by atoms with Crippen LogP contribution < -0.4 is 19.9 Å². The molecule has 1 aliphatic carbocycles. The van der Waals surface area contributed by atoms with Gasteiger partial charge >= 0.3 is 6.03 Å². The highest BCUT2D eigenvalue weighted by molar-refractivity contribution is 6.06. The van der Waals surface area contributed by atoms with Gasteiger partial charge in [-0.15, -0.1) is 0 Å². The monoisotopic (exact) mass is 463 g/mol. The summed E-state index contributed by atoms with van der Waals surface area (Å²) in [5.74, 6) is 1.21. The van der Waals surface area contributed by atoms with Gasteiger partial charge in [-0.05, 0) is 74.7 Å². The van der Waals surface area contributed by atoms with E-state index in [-0.39, 0.29) is 23.9 Å². The van der Waals surface area contributed by atoms with Gasteiger partial charge in [0.25, 0.3) is 0 Å². The number of benzene rings is 2. The summed E-state index contributed by atoms with van der Waals surface area (Å²) < 4.78 is 18.5. The Bertz CT molecular complexity index is 1190. The standard InChI is InChI=1S/C25H26FN5O3/c1-15-22-14-27-24(28-17-5-3-16(26)4-6-17)29-23(22)31(19-7-10-20(32)13-19)25(33)30(15)18-8-11-21(34-2)12-9-18/h3-6,8-9,11-12,14-15,19-20,32H,7,10,13H2,1-2H3,(H,27,28,29)/t15?,19-,20-/m1/s1. The molecule has 3 aromatic rings. The van der Waals surface area contributed by atoms with E-state index in [1.54, 1.807) is 35.2 Å². The molecule has 1 unspecified atom stereocenters.